The van der Waals surface area contributed by atoms with E-state index in [1.165, 1.54) is 0 Å². The molecule has 0 saturated heterocycles. The largest absolute Gasteiger partial charge is 2.00 e. The average Bonchev–Trinajstić information content (AvgIpc) is 2.12. The van der Waals surface area contributed by atoms with Crippen LogP contribution < -0.4 is 5.11 Å². The van der Waals surface area contributed by atoms with Crippen molar-refractivity contribution in [3.05, 3.63) is 0 Å². The number of hydrogen-bond acceptors (Lipinski definition) is 7. The molecule has 0 spiro atoms. The van der Waals surface area contributed by atoms with Crippen molar-refractivity contribution in [3.8, 4) is 0 Å². The van der Waals surface area contributed by atoms with Gasteiger partial charge in [-0.05, 0) is 0 Å². The second-order valence-electron chi connectivity index (χ2n) is 2.34. The number of aliphatic hydroxyl groups is 4. The second kappa shape index (κ2) is 9.43. The maximum absolute atomic E-state index is 10.4. The Balaban J connectivity index is -0.000000720. The fourth-order valence-electron chi connectivity index (χ4n) is 0.594. The van der Waals surface area contributed by atoms with Crippen molar-refractivity contribution in [2.45, 2.75) is 18.3 Å². The van der Waals surface area contributed by atoms with Gasteiger partial charge >= 0.3 is 37.7 Å². The molecule has 0 amide bonds. The smallest absolute Gasteiger partial charge is 0.542 e. The van der Waals surface area contributed by atoms with Crippen LogP contribution in [0, 0.1) is 0 Å². The summed E-state index contributed by atoms with van der Waals surface area (Å²) in [4.78, 5) is 20.3. The number of carbonyl (C=O) groups is 2. The van der Waals surface area contributed by atoms with E-state index >= 15 is 0 Å². The van der Waals surface area contributed by atoms with Gasteiger partial charge in [0.1, 0.15) is 24.3 Å². The molecule has 0 bridgehead atoms. The molecule has 0 aromatic rings. The van der Waals surface area contributed by atoms with Gasteiger partial charge in [0.05, 0.1) is 6.61 Å². The molecular formula is C6H11CaO8+. The van der Waals surface area contributed by atoms with Gasteiger partial charge in [-0.2, -0.15) is 0 Å². The molecule has 15 heavy (non-hydrogen) atoms. The third kappa shape index (κ3) is 6.38. The van der Waals surface area contributed by atoms with E-state index < -0.39 is 36.7 Å². The molecule has 0 fully saturated rings. The topological polar surface area (TPSA) is 170 Å². The van der Waals surface area contributed by atoms with E-state index in [9.17, 15) is 14.7 Å². The van der Waals surface area contributed by atoms with Crippen LogP contribution in [0.5, 0.6) is 0 Å². The van der Waals surface area contributed by atoms with E-state index in [1.54, 1.807) is 0 Å². The Kier molecular flexibility index (Phi) is 12.9. The third-order valence-corrected chi connectivity index (χ3v) is 1.37. The van der Waals surface area contributed by atoms with Crippen LogP contribution in [0.4, 0.5) is 0 Å². The Hall–Kier alpha value is 0.200. The van der Waals surface area contributed by atoms with Gasteiger partial charge in [0, 0.05) is 0 Å². The molecule has 0 radical (unpaired) electrons. The molecule has 0 aromatic heterocycles. The Labute approximate surface area is 114 Å². The minimum absolute atomic E-state index is 0. The molecule has 0 aliphatic rings. The maximum atomic E-state index is 10.4. The van der Waals surface area contributed by atoms with E-state index in [1.807, 2.05) is 0 Å². The molecule has 0 aromatic carbocycles. The van der Waals surface area contributed by atoms with Crippen LogP contribution in [0.2, 0.25) is 0 Å². The summed E-state index contributed by atoms with van der Waals surface area (Å²) in [6.45, 7) is -0.904. The van der Waals surface area contributed by atoms with Crippen LogP contribution >= 0.6 is 0 Å². The van der Waals surface area contributed by atoms with Crippen molar-refractivity contribution in [3.63, 3.8) is 0 Å². The van der Waals surface area contributed by atoms with Crippen LogP contribution in [-0.2, 0) is 9.59 Å². The van der Waals surface area contributed by atoms with Crippen molar-refractivity contribution >= 4 is 49.5 Å². The third-order valence-electron chi connectivity index (χ3n) is 1.37. The standard InChI is InChI=1S/C6H10O7.Ca.H2O/c7-1-2(8)3(9)4(10)5(11)6(12)13;;/h2-4,7-10H,1H2,(H,12,13);;1H2/q;+2;/p-1/t2-,3-,4+;;/m1../s1. The molecule has 0 saturated carbocycles. The first-order valence-electron chi connectivity index (χ1n) is 3.32. The SMILES string of the molecule is O.O=C([O-])C(=O)[C@@H](O)[C@H](O)[C@H](O)CO.[Ca+2]. The molecule has 6 N–H and O–H groups in total. The summed E-state index contributed by atoms with van der Waals surface area (Å²) in [5, 5.41) is 44.5. The van der Waals surface area contributed by atoms with Gasteiger partial charge in [-0.3, -0.25) is 4.79 Å². The van der Waals surface area contributed by atoms with Gasteiger partial charge in [-0.1, -0.05) is 0 Å². The van der Waals surface area contributed by atoms with Crippen LogP contribution in [0.3, 0.4) is 0 Å². The molecule has 3 atom stereocenters. The maximum Gasteiger partial charge on any atom is 2.00 e. The summed E-state index contributed by atoms with van der Waals surface area (Å²) < 4.78 is 0. The molecule has 0 aliphatic heterocycles. The van der Waals surface area contributed by atoms with E-state index in [0.29, 0.717) is 0 Å². The predicted molar refractivity (Wildman–Crippen MR) is 44.5 cm³/mol. The normalized spacial score (nSPS) is 15.2. The Morgan fingerprint density at radius 2 is 1.60 bits per heavy atom. The van der Waals surface area contributed by atoms with Gasteiger partial charge in [0.25, 0.3) is 0 Å². The first-order chi connectivity index (χ1) is 5.91. The number of ketones is 1. The van der Waals surface area contributed by atoms with Crippen LogP contribution in [0.1, 0.15) is 0 Å². The molecular weight excluding hydrogens is 240 g/mol. The molecule has 0 unspecified atom stereocenters. The number of aliphatic carboxylic acids is 1. The molecule has 0 heterocycles. The Morgan fingerprint density at radius 3 is 1.87 bits per heavy atom. The van der Waals surface area contributed by atoms with Gasteiger partial charge in [0.2, 0.25) is 5.78 Å². The van der Waals surface area contributed by atoms with Crippen molar-refractivity contribution in [1.82, 2.24) is 0 Å². The van der Waals surface area contributed by atoms with Gasteiger partial charge < -0.3 is 35.8 Å². The monoisotopic (exact) mass is 251 g/mol. The average molecular weight is 251 g/mol. The second-order valence-corrected chi connectivity index (χ2v) is 2.34. The van der Waals surface area contributed by atoms with Crippen molar-refractivity contribution in [1.29, 1.82) is 0 Å². The van der Waals surface area contributed by atoms with E-state index in [4.69, 9.17) is 20.4 Å². The first kappa shape index (κ1) is 20.6. The van der Waals surface area contributed by atoms with Crippen LogP contribution in [0.25, 0.3) is 0 Å². The molecule has 9 heteroatoms. The zero-order valence-electron chi connectivity index (χ0n) is 7.66. The molecule has 8 nitrogen and oxygen atoms in total. The number of hydrogen-bond donors (Lipinski definition) is 4. The fourth-order valence-corrected chi connectivity index (χ4v) is 0.594. The van der Waals surface area contributed by atoms with Crippen molar-refractivity contribution < 1.29 is 40.6 Å². The molecule has 0 rings (SSSR count). The fraction of sp³-hybridized carbons (Fsp3) is 0.667. The first-order valence-corrected chi connectivity index (χ1v) is 3.32. The number of rotatable bonds is 5. The summed E-state index contributed by atoms with van der Waals surface area (Å²) in [6.07, 6.45) is -6.12. The number of carbonyl (C=O) groups excluding carboxylic acids is 2. The zero-order valence-corrected chi connectivity index (χ0v) is 9.87. The summed E-state index contributed by atoms with van der Waals surface area (Å²) in [5.41, 5.74) is 0. The summed E-state index contributed by atoms with van der Waals surface area (Å²) in [5.74, 6) is -3.92. The number of aliphatic hydroxyl groups excluding tert-OH is 4. The number of carboxylic acid groups (broad SMARTS) is 1. The zero-order chi connectivity index (χ0) is 10.6. The van der Waals surface area contributed by atoms with E-state index in [-0.39, 0.29) is 43.2 Å². The van der Waals surface area contributed by atoms with E-state index in [0.717, 1.165) is 0 Å². The summed E-state index contributed by atoms with van der Waals surface area (Å²) in [7, 11) is 0. The van der Waals surface area contributed by atoms with E-state index in [2.05, 4.69) is 0 Å². The van der Waals surface area contributed by atoms with Crippen LogP contribution in [0.15, 0.2) is 0 Å². The van der Waals surface area contributed by atoms with Gasteiger partial charge in [0.15, 0.2) is 0 Å². The van der Waals surface area contributed by atoms with Gasteiger partial charge in [-0.15, -0.1) is 0 Å². The predicted octanol–water partition coefficient (Wildman–Crippen LogP) is -5.83. The van der Waals surface area contributed by atoms with Gasteiger partial charge in [-0.25, -0.2) is 0 Å². The van der Waals surface area contributed by atoms with Crippen LogP contribution in [-0.4, -0.2) is 100 Å². The molecule has 0 aliphatic carbocycles. The number of Topliss-reactive ketones (excluding diaryl/α,β-unsaturated/α-hetero) is 1. The van der Waals surface area contributed by atoms with Crippen molar-refractivity contribution in [2.24, 2.45) is 0 Å². The number of carboxylic acids is 1. The summed E-state index contributed by atoms with van der Waals surface area (Å²) >= 11 is 0. The molecule has 84 valence electrons. The minimum atomic E-state index is -2.30. The minimum Gasteiger partial charge on any atom is -0.542 e. The van der Waals surface area contributed by atoms with Crippen molar-refractivity contribution in [2.75, 3.05) is 6.61 Å². The summed E-state index contributed by atoms with van der Waals surface area (Å²) in [6, 6.07) is 0. The quantitative estimate of drug-likeness (QED) is 0.278. The Morgan fingerprint density at radius 1 is 1.20 bits per heavy atom. The Bertz CT molecular complexity index is 207.